The van der Waals surface area contributed by atoms with Crippen molar-refractivity contribution >= 4 is 37.9 Å². The van der Waals surface area contributed by atoms with Gasteiger partial charge in [0.25, 0.3) is 0 Å². The van der Waals surface area contributed by atoms with Crippen molar-refractivity contribution in [2.24, 2.45) is 0 Å². The van der Waals surface area contributed by atoms with Crippen LogP contribution in [0, 0.1) is 0 Å². The largest absolute Gasteiger partial charge is 0.136 e. The van der Waals surface area contributed by atoms with Crippen LogP contribution >= 0.6 is 34.4 Å². The van der Waals surface area contributed by atoms with Crippen LogP contribution in [-0.2, 0) is 0 Å². The molecule has 2 heteroatoms. The zero-order chi connectivity index (χ0) is 8.10. The van der Waals surface area contributed by atoms with Crippen molar-refractivity contribution in [3.05, 3.63) is 41.3 Å². The number of benzene rings is 1. The first kappa shape index (κ1) is 9.13. The van der Waals surface area contributed by atoms with Gasteiger partial charge in [0.05, 0.1) is 0 Å². The lowest BCUT2D eigenvalue weighted by Crippen LogP contribution is -1.72. The number of halogens is 1. The van der Waals surface area contributed by atoms with Crippen molar-refractivity contribution in [1.29, 1.82) is 0 Å². The van der Waals surface area contributed by atoms with Crippen LogP contribution in [0.4, 0.5) is 0 Å². The average Bonchev–Trinajstić information content (AvgIpc) is 2.07. The van der Waals surface area contributed by atoms with Gasteiger partial charge in [0, 0.05) is 3.58 Å². The highest BCUT2D eigenvalue weighted by Crippen LogP contribution is 2.23. The van der Waals surface area contributed by atoms with E-state index in [9.17, 15) is 0 Å². The molecule has 58 valence electrons. The van der Waals surface area contributed by atoms with Gasteiger partial charge in [-0.05, 0) is 39.8 Å². The van der Waals surface area contributed by atoms with Gasteiger partial charge in [-0.2, -0.15) is 0 Å². The molecule has 0 N–H and O–H groups in total. The van der Waals surface area contributed by atoms with E-state index in [0.717, 1.165) is 0 Å². The average molecular weight is 276 g/mol. The number of rotatable bonds is 2. The Labute approximate surface area is 85.2 Å². The molecule has 0 aliphatic carbocycles. The van der Waals surface area contributed by atoms with E-state index in [-0.39, 0.29) is 0 Å². The second kappa shape index (κ2) is 4.83. The Hall–Kier alpha value is 0.0400. The lowest BCUT2D eigenvalue weighted by Gasteiger charge is -1.96. The Morgan fingerprint density at radius 2 is 2.00 bits per heavy atom. The van der Waals surface area contributed by atoms with Gasteiger partial charge in [0.1, 0.15) is 0 Å². The molecule has 0 aliphatic rings. The summed E-state index contributed by atoms with van der Waals surface area (Å²) in [7, 11) is 0. The minimum absolute atomic E-state index is 1.29. The molecule has 1 aromatic carbocycles. The standard InChI is InChI=1S/C9H9IS/c1-11-7-9(10)8-5-3-2-4-6-8/h2-7H,1H3/b9-7-. The zero-order valence-electron chi connectivity index (χ0n) is 6.25. The monoisotopic (exact) mass is 276 g/mol. The fourth-order valence-corrected chi connectivity index (χ4v) is 2.23. The quantitative estimate of drug-likeness (QED) is 0.741. The molecule has 0 radical (unpaired) electrons. The summed E-state index contributed by atoms with van der Waals surface area (Å²) in [6.07, 6.45) is 2.07. The third-order valence-electron chi connectivity index (χ3n) is 1.27. The summed E-state index contributed by atoms with van der Waals surface area (Å²) in [4.78, 5) is 0. The summed E-state index contributed by atoms with van der Waals surface area (Å²) in [6, 6.07) is 10.4. The summed E-state index contributed by atoms with van der Waals surface area (Å²) in [5.41, 5.74) is 1.29. The van der Waals surface area contributed by atoms with E-state index in [0.29, 0.717) is 0 Å². The molecule has 0 aromatic heterocycles. The number of hydrogen-bond donors (Lipinski definition) is 0. The Balaban J connectivity index is 2.85. The summed E-state index contributed by atoms with van der Waals surface area (Å²) < 4.78 is 1.30. The molecule has 0 saturated heterocycles. The molecule has 11 heavy (non-hydrogen) atoms. The maximum atomic E-state index is 2.35. The van der Waals surface area contributed by atoms with Crippen molar-refractivity contribution in [2.75, 3.05) is 6.26 Å². The van der Waals surface area contributed by atoms with Crippen LogP contribution in [0.2, 0.25) is 0 Å². The van der Waals surface area contributed by atoms with Gasteiger partial charge in [0.2, 0.25) is 0 Å². The molecule has 0 fully saturated rings. The molecule has 0 spiro atoms. The van der Waals surface area contributed by atoms with E-state index >= 15 is 0 Å². The van der Waals surface area contributed by atoms with Crippen LogP contribution < -0.4 is 0 Å². The van der Waals surface area contributed by atoms with E-state index in [2.05, 4.69) is 58.5 Å². The fraction of sp³-hybridized carbons (Fsp3) is 0.111. The van der Waals surface area contributed by atoms with E-state index < -0.39 is 0 Å². The van der Waals surface area contributed by atoms with Crippen LogP contribution in [-0.4, -0.2) is 6.26 Å². The van der Waals surface area contributed by atoms with Crippen LogP contribution in [0.3, 0.4) is 0 Å². The van der Waals surface area contributed by atoms with Crippen molar-refractivity contribution < 1.29 is 0 Å². The van der Waals surface area contributed by atoms with E-state index in [1.54, 1.807) is 11.8 Å². The molecule has 0 atom stereocenters. The maximum Gasteiger partial charge on any atom is 0.0265 e. The molecular weight excluding hydrogens is 267 g/mol. The van der Waals surface area contributed by atoms with Gasteiger partial charge in [-0.25, -0.2) is 0 Å². The highest BCUT2D eigenvalue weighted by molar-refractivity contribution is 14.1. The van der Waals surface area contributed by atoms with Gasteiger partial charge < -0.3 is 0 Å². The van der Waals surface area contributed by atoms with Crippen molar-refractivity contribution in [3.8, 4) is 0 Å². The first-order valence-electron chi connectivity index (χ1n) is 3.28. The van der Waals surface area contributed by atoms with Gasteiger partial charge in [0.15, 0.2) is 0 Å². The summed E-state index contributed by atoms with van der Waals surface area (Å²) in [6.45, 7) is 0. The SMILES string of the molecule is CS/C=C(\I)c1ccccc1. The fourth-order valence-electron chi connectivity index (χ4n) is 0.769. The van der Waals surface area contributed by atoms with Crippen LogP contribution in [0.1, 0.15) is 5.56 Å². The van der Waals surface area contributed by atoms with Crippen molar-refractivity contribution in [1.82, 2.24) is 0 Å². The molecule has 0 heterocycles. The molecule has 1 aromatic rings. The van der Waals surface area contributed by atoms with Crippen LogP contribution in [0.5, 0.6) is 0 Å². The number of hydrogen-bond acceptors (Lipinski definition) is 1. The van der Waals surface area contributed by atoms with E-state index in [1.807, 2.05) is 6.07 Å². The van der Waals surface area contributed by atoms with Crippen LogP contribution in [0.15, 0.2) is 35.7 Å². The summed E-state index contributed by atoms with van der Waals surface area (Å²) in [5, 5.41) is 2.15. The molecule has 0 nitrogen and oxygen atoms in total. The Bertz CT molecular complexity index is 241. The first-order chi connectivity index (χ1) is 5.34. The molecule has 0 bridgehead atoms. The second-order valence-corrected chi connectivity index (χ2v) is 3.94. The summed E-state index contributed by atoms with van der Waals surface area (Å²) in [5.74, 6) is 0. The lowest BCUT2D eigenvalue weighted by atomic mass is 10.2. The number of thioether (sulfide) groups is 1. The molecule has 0 unspecified atom stereocenters. The van der Waals surface area contributed by atoms with Crippen molar-refractivity contribution in [3.63, 3.8) is 0 Å². The van der Waals surface area contributed by atoms with Gasteiger partial charge in [-0.15, -0.1) is 11.8 Å². The van der Waals surface area contributed by atoms with Gasteiger partial charge in [-0.1, -0.05) is 30.3 Å². The minimum Gasteiger partial charge on any atom is -0.136 e. The molecule has 0 amide bonds. The van der Waals surface area contributed by atoms with Gasteiger partial charge in [-0.3, -0.25) is 0 Å². The molecular formula is C9H9IS. The topological polar surface area (TPSA) is 0 Å². The summed E-state index contributed by atoms with van der Waals surface area (Å²) >= 11 is 4.08. The smallest absolute Gasteiger partial charge is 0.0265 e. The van der Waals surface area contributed by atoms with E-state index in [1.165, 1.54) is 9.14 Å². The normalized spacial score (nSPS) is 11.6. The first-order valence-corrected chi connectivity index (χ1v) is 5.65. The van der Waals surface area contributed by atoms with Crippen LogP contribution in [0.25, 0.3) is 3.58 Å². The maximum absolute atomic E-state index is 2.35. The zero-order valence-corrected chi connectivity index (χ0v) is 9.22. The lowest BCUT2D eigenvalue weighted by molar-refractivity contribution is 1.66. The van der Waals surface area contributed by atoms with E-state index in [4.69, 9.17) is 0 Å². The highest BCUT2D eigenvalue weighted by atomic mass is 127. The third kappa shape index (κ3) is 2.87. The second-order valence-electron chi connectivity index (χ2n) is 2.07. The Kier molecular flexibility index (Phi) is 4.01. The molecule has 0 aliphatic heterocycles. The predicted octanol–water partition coefficient (Wildman–Crippen LogP) is 3.78. The molecule has 1 rings (SSSR count). The predicted molar refractivity (Wildman–Crippen MR) is 62.0 cm³/mol. The minimum atomic E-state index is 1.29. The molecule has 0 saturated carbocycles. The highest BCUT2D eigenvalue weighted by Gasteiger charge is 1.92. The van der Waals surface area contributed by atoms with Crippen molar-refractivity contribution in [2.45, 2.75) is 0 Å². The van der Waals surface area contributed by atoms with Gasteiger partial charge >= 0.3 is 0 Å². The Morgan fingerprint density at radius 3 is 2.55 bits per heavy atom. The Morgan fingerprint density at radius 1 is 1.36 bits per heavy atom. The third-order valence-corrected chi connectivity index (χ3v) is 3.10.